The van der Waals surface area contributed by atoms with Crippen LogP contribution in [0.5, 0.6) is 0 Å². The van der Waals surface area contributed by atoms with Crippen molar-refractivity contribution in [3.63, 3.8) is 0 Å². The molecule has 0 atom stereocenters. The molecule has 3 N–H and O–H groups in total. The number of carbonyl (C=O) groups is 2. The molecular weight excluding hydrogens is 422 g/mol. The van der Waals surface area contributed by atoms with Crippen molar-refractivity contribution in [3.05, 3.63) is 63.4 Å². The number of carbonyl (C=O) groups excluding carboxylic acids is 2. The van der Waals surface area contributed by atoms with Gasteiger partial charge in [0.25, 0.3) is 5.91 Å². The maximum absolute atomic E-state index is 14.0. The Morgan fingerprint density at radius 3 is 2.61 bits per heavy atom. The number of H-pyrrole nitrogens is 2. The van der Waals surface area contributed by atoms with Crippen LogP contribution >= 0.6 is 12.2 Å². The van der Waals surface area contributed by atoms with Gasteiger partial charge in [0.1, 0.15) is 11.6 Å². The van der Waals surface area contributed by atoms with Crippen LogP contribution in [0.25, 0.3) is 11.0 Å². The molecule has 9 heteroatoms. The van der Waals surface area contributed by atoms with Crippen molar-refractivity contribution < 1.29 is 18.4 Å². The molecule has 1 saturated heterocycles. The summed E-state index contributed by atoms with van der Waals surface area (Å²) in [6.45, 7) is 2.72. The average molecular weight is 445 g/mol. The molecule has 162 valence electrons. The quantitative estimate of drug-likeness (QED) is 0.533. The molecule has 1 aliphatic rings. The fourth-order valence-corrected chi connectivity index (χ4v) is 4.08. The number of likely N-dealkylation sites (tertiary alicyclic amines) is 1. The summed E-state index contributed by atoms with van der Waals surface area (Å²) in [5.41, 5.74) is 2.38. The van der Waals surface area contributed by atoms with Crippen molar-refractivity contribution in [2.75, 3.05) is 13.1 Å². The number of aromatic nitrogens is 2. The molecule has 2 amide bonds. The number of nitrogens with one attached hydrogen (secondary N) is 3. The van der Waals surface area contributed by atoms with Gasteiger partial charge in [-0.3, -0.25) is 9.59 Å². The van der Waals surface area contributed by atoms with Gasteiger partial charge in [0.15, 0.2) is 4.77 Å². The number of fused-ring (bicyclic) bond motifs is 1. The minimum atomic E-state index is -0.525. The molecule has 3 aromatic rings. The number of aromatic amines is 2. The van der Waals surface area contributed by atoms with Gasteiger partial charge < -0.3 is 20.2 Å². The summed E-state index contributed by atoms with van der Waals surface area (Å²) < 4.78 is 27.9. The van der Waals surface area contributed by atoms with Crippen LogP contribution in [0.4, 0.5) is 8.78 Å². The predicted octanol–water partition coefficient (Wildman–Crippen LogP) is 3.98. The summed E-state index contributed by atoms with van der Waals surface area (Å²) in [5, 5.41) is 2.85. The predicted molar refractivity (Wildman–Crippen MR) is 115 cm³/mol. The third kappa shape index (κ3) is 4.51. The van der Waals surface area contributed by atoms with E-state index in [4.69, 9.17) is 12.2 Å². The molecule has 2 heterocycles. The number of amides is 2. The van der Waals surface area contributed by atoms with Gasteiger partial charge in [-0.1, -0.05) is 12.1 Å². The molecule has 2 aromatic carbocycles. The van der Waals surface area contributed by atoms with E-state index in [1.807, 2.05) is 0 Å². The number of hydrogen-bond acceptors (Lipinski definition) is 3. The van der Waals surface area contributed by atoms with E-state index in [1.54, 1.807) is 24.0 Å². The number of aryl methyl sites for hydroxylation is 1. The van der Waals surface area contributed by atoms with Gasteiger partial charge in [0.2, 0.25) is 5.91 Å². The fourth-order valence-electron chi connectivity index (χ4n) is 3.87. The van der Waals surface area contributed by atoms with E-state index in [2.05, 4.69) is 15.3 Å². The lowest BCUT2D eigenvalue weighted by Crippen LogP contribution is -2.43. The third-order valence-electron chi connectivity index (χ3n) is 5.68. The van der Waals surface area contributed by atoms with Crippen molar-refractivity contribution in [2.24, 2.45) is 5.92 Å². The summed E-state index contributed by atoms with van der Waals surface area (Å²) in [4.78, 5) is 32.8. The highest BCUT2D eigenvalue weighted by atomic mass is 32.1. The Kier molecular flexibility index (Phi) is 5.86. The highest BCUT2D eigenvalue weighted by Gasteiger charge is 2.29. The van der Waals surface area contributed by atoms with Gasteiger partial charge in [-0.15, -0.1) is 0 Å². The molecule has 1 aliphatic heterocycles. The van der Waals surface area contributed by atoms with Crippen LogP contribution in [-0.4, -0.2) is 39.8 Å². The normalized spacial score (nSPS) is 14.7. The Balaban J connectivity index is 1.37. The lowest BCUT2D eigenvalue weighted by molar-refractivity contribution is -0.126. The van der Waals surface area contributed by atoms with E-state index in [9.17, 15) is 18.4 Å². The molecule has 0 bridgehead atoms. The molecule has 0 radical (unpaired) electrons. The van der Waals surface area contributed by atoms with Gasteiger partial charge in [-0.2, -0.15) is 0 Å². The molecule has 0 aliphatic carbocycles. The first-order valence-electron chi connectivity index (χ1n) is 10.1. The second-order valence-electron chi connectivity index (χ2n) is 7.82. The van der Waals surface area contributed by atoms with Gasteiger partial charge in [-0.25, -0.2) is 8.78 Å². The molecule has 6 nitrogen and oxygen atoms in total. The summed E-state index contributed by atoms with van der Waals surface area (Å²) in [6, 6.07) is 7.37. The zero-order valence-electron chi connectivity index (χ0n) is 16.9. The SMILES string of the molecule is Cc1ccc(CNC(=O)C2CCN(C(=O)c3cc(F)cc4[nH]c(=S)[nH]c34)CC2)cc1F. The highest BCUT2D eigenvalue weighted by molar-refractivity contribution is 7.71. The molecule has 1 fully saturated rings. The zero-order chi connectivity index (χ0) is 22.1. The first-order chi connectivity index (χ1) is 14.8. The van der Waals surface area contributed by atoms with Crippen molar-refractivity contribution in [3.8, 4) is 0 Å². The summed E-state index contributed by atoms with van der Waals surface area (Å²) in [5.74, 6) is -1.47. The Hall–Kier alpha value is -3.07. The van der Waals surface area contributed by atoms with Gasteiger partial charge in [0, 0.05) is 25.6 Å². The average Bonchev–Trinajstić information content (AvgIpc) is 3.13. The van der Waals surface area contributed by atoms with E-state index in [1.165, 1.54) is 18.2 Å². The van der Waals surface area contributed by atoms with E-state index in [-0.39, 0.29) is 35.7 Å². The standard InChI is InChI=1S/C22H22F2N4O2S/c1-12-2-3-13(8-17(12)24)11-25-20(29)14-4-6-28(7-5-14)21(30)16-9-15(23)10-18-19(16)27-22(31)26-18/h2-3,8-10,14H,4-7,11H2,1H3,(H,25,29)(H2,26,27,31). The summed E-state index contributed by atoms with van der Waals surface area (Å²) in [6.07, 6.45) is 1.00. The minimum absolute atomic E-state index is 0.115. The van der Waals surface area contributed by atoms with Gasteiger partial charge in [-0.05, 0) is 61.3 Å². The molecule has 4 rings (SSSR count). The van der Waals surface area contributed by atoms with E-state index in [0.29, 0.717) is 52.9 Å². The van der Waals surface area contributed by atoms with E-state index in [0.717, 1.165) is 0 Å². The fraction of sp³-hybridized carbons (Fsp3) is 0.318. The van der Waals surface area contributed by atoms with Crippen molar-refractivity contribution in [1.29, 1.82) is 0 Å². The summed E-state index contributed by atoms with van der Waals surface area (Å²) >= 11 is 5.05. The van der Waals surface area contributed by atoms with E-state index >= 15 is 0 Å². The largest absolute Gasteiger partial charge is 0.352 e. The molecule has 0 unspecified atom stereocenters. The van der Waals surface area contributed by atoms with Crippen LogP contribution in [0.3, 0.4) is 0 Å². The molecule has 0 saturated carbocycles. The van der Waals surface area contributed by atoms with Crippen molar-refractivity contribution >= 4 is 35.1 Å². The first kappa shape index (κ1) is 21.2. The molecule has 0 spiro atoms. The number of hydrogen-bond donors (Lipinski definition) is 3. The van der Waals surface area contributed by atoms with Crippen LogP contribution < -0.4 is 5.32 Å². The number of imidazole rings is 1. The van der Waals surface area contributed by atoms with Crippen molar-refractivity contribution in [1.82, 2.24) is 20.2 Å². The molecular formula is C22H22F2N4O2S. The van der Waals surface area contributed by atoms with Crippen LogP contribution in [0.15, 0.2) is 30.3 Å². The first-order valence-corrected chi connectivity index (χ1v) is 10.5. The minimum Gasteiger partial charge on any atom is -0.352 e. The number of piperidine rings is 1. The second-order valence-corrected chi connectivity index (χ2v) is 8.23. The van der Waals surface area contributed by atoms with Crippen LogP contribution in [0.1, 0.15) is 34.3 Å². The monoisotopic (exact) mass is 444 g/mol. The smallest absolute Gasteiger partial charge is 0.256 e. The highest BCUT2D eigenvalue weighted by Crippen LogP contribution is 2.23. The van der Waals surface area contributed by atoms with Gasteiger partial charge in [0.05, 0.1) is 16.6 Å². The number of nitrogens with zero attached hydrogens (tertiary/aromatic N) is 1. The topological polar surface area (TPSA) is 81.0 Å². The third-order valence-corrected chi connectivity index (χ3v) is 5.88. The Morgan fingerprint density at radius 2 is 1.90 bits per heavy atom. The lowest BCUT2D eigenvalue weighted by Gasteiger charge is -2.31. The number of benzene rings is 2. The number of rotatable bonds is 4. The second kappa shape index (κ2) is 8.58. The Labute approximate surface area is 182 Å². The van der Waals surface area contributed by atoms with Crippen LogP contribution in [0.2, 0.25) is 0 Å². The zero-order valence-corrected chi connectivity index (χ0v) is 17.7. The summed E-state index contributed by atoms with van der Waals surface area (Å²) in [7, 11) is 0. The maximum atomic E-state index is 14.0. The lowest BCUT2D eigenvalue weighted by atomic mass is 9.95. The van der Waals surface area contributed by atoms with Crippen LogP contribution in [-0.2, 0) is 11.3 Å². The van der Waals surface area contributed by atoms with Crippen molar-refractivity contribution in [2.45, 2.75) is 26.3 Å². The van der Waals surface area contributed by atoms with Crippen LogP contribution in [0, 0.1) is 29.2 Å². The van der Waals surface area contributed by atoms with E-state index < -0.39 is 5.82 Å². The Morgan fingerprint density at radius 1 is 1.16 bits per heavy atom. The number of halogens is 2. The van der Waals surface area contributed by atoms with Gasteiger partial charge >= 0.3 is 0 Å². The maximum Gasteiger partial charge on any atom is 0.256 e. The molecule has 1 aromatic heterocycles. The Bertz CT molecular complexity index is 1210. The molecule has 31 heavy (non-hydrogen) atoms.